The second-order valence-electron chi connectivity index (χ2n) is 10.2. The molecule has 1 saturated carbocycles. The highest BCUT2D eigenvalue weighted by molar-refractivity contribution is 6.20. The number of anilines is 1. The van der Waals surface area contributed by atoms with Crippen LogP contribution < -0.4 is 4.90 Å². The Morgan fingerprint density at radius 1 is 1.00 bits per heavy atom. The van der Waals surface area contributed by atoms with E-state index in [0.717, 1.165) is 37.7 Å². The summed E-state index contributed by atoms with van der Waals surface area (Å²) in [4.78, 5) is 28.7. The first kappa shape index (κ1) is 24.0. The summed E-state index contributed by atoms with van der Waals surface area (Å²) in [6.07, 6.45) is 6.44. The number of hydrogen-bond donors (Lipinski definition) is 2. The number of aliphatic hydroxyl groups is 2. The van der Waals surface area contributed by atoms with Gasteiger partial charge < -0.3 is 14.7 Å². The Bertz CT molecular complexity index is 1280. The molecule has 186 valence electrons. The highest BCUT2D eigenvalue weighted by Crippen LogP contribution is 2.41. The molecule has 1 atom stereocenters. The Labute approximate surface area is 210 Å². The number of carbonyl (C=O) groups excluding carboxylic acids is 2. The van der Waals surface area contributed by atoms with Crippen molar-refractivity contribution in [2.75, 3.05) is 4.90 Å². The molecule has 3 aromatic rings. The largest absolute Gasteiger partial charge is 0.503 e. The molecule has 7 heteroatoms. The molecule has 0 saturated heterocycles. The summed E-state index contributed by atoms with van der Waals surface area (Å²) in [7, 11) is 0. The molecular weight excluding hydrogens is 456 g/mol. The van der Waals surface area contributed by atoms with Gasteiger partial charge in [0.25, 0.3) is 5.91 Å². The van der Waals surface area contributed by atoms with Gasteiger partial charge >= 0.3 is 0 Å². The number of carbonyl (C=O) groups is 2. The van der Waals surface area contributed by atoms with Crippen LogP contribution in [0.5, 0.6) is 0 Å². The van der Waals surface area contributed by atoms with E-state index in [-0.39, 0.29) is 17.3 Å². The smallest absolute Gasteiger partial charge is 0.294 e. The predicted molar refractivity (Wildman–Crippen MR) is 135 cm³/mol. The first-order chi connectivity index (χ1) is 17.3. The van der Waals surface area contributed by atoms with Gasteiger partial charge in [0.05, 0.1) is 17.2 Å². The molecule has 7 nitrogen and oxygen atoms in total. The molecule has 5 rings (SSSR count). The van der Waals surface area contributed by atoms with Crippen molar-refractivity contribution in [1.82, 2.24) is 5.16 Å². The van der Waals surface area contributed by atoms with E-state index in [1.807, 2.05) is 24.3 Å². The summed E-state index contributed by atoms with van der Waals surface area (Å²) >= 11 is 0. The number of ketones is 1. The fourth-order valence-electron chi connectivity index (χ4n) is 5.38. The third-order valence-electron chi connectivity index (χ3n) is 7.32. The lowest BCUT2D eigenvalue weighted by molar-refractivity contribution is -0.117. The SMILES string of the molecule is CC(C)(O)c1ccc(C(=O)C2=C(O)C(=O)N(c3ccc(-c4ccon4)cc3)C2C2CCCCC2)cc1. The van der Waals surface area contributed by atoms with Crippen LogP contribution in [0.2, 0.25) is 0 Å². The van der Waals surface area contributed by atoms with Gasteiger partial charge in [-0.1, -0.05) is 60.8 Å². The molecule has 1 fully saturated rings. The summed E-state index contributed by atoms with van der Waals surface area (Å²) in [6.45, 7) is 3.36. The number of amides is 1. The van der Waals surface area contributed by atoms with Crippen LogP contribution >= 0.6 is 0 Å². The van der Waals surface area contributed by atoms with Crippen LogP contribution in [0.3, 0.4) is 0 Å². The molecular formula is C29H30N2O5. The number of nitrogens with zero attached hydrogens (tertiary/aromatic N) is 2. The van der Waals surface area contributed by atoms with E-state index in [0.29, 0.717) is 22.5 Å². The van der Waals surface area contributed by atoms with Gasteiger partial charge in [-0.05, 0) is 50.3 Å². The summed E-state index contributed by atoms with van der Waals surface area (Å²) in [6, 6.07) is 15.3. The third kappa shape index (κ3) is 4.35. The number of Topliss-reactive ketones (excluding diaryl/α,β-unsaturated/α-hetero) is 1. The zero-order chi connectivity index (χ0) is 25.4. The van der Waals surface area contributed by atoms with Crippen LogP contribution in [0, 0.1) is 5.92 Å². The third-order valence-corrected chi connectivity index (χ3v) is 7.32. The molecule has 0 radical (unpaired) electrons. The van der Waals surface area contributed by atoms with Crippen LogP contribution in [0.15, 0.2) is 76.7 Å². The van der Waals surface area contributed by atoms with Crippen LogP contribution in [-0.2, 0) is 10.4 Å². The zero-order valence-electron chi connectivity index (χ0n) is 20.5. The molecule has 1 amide bonds. The minimum Gasteiger partial charge on any atom is -0.503 e. The number of benzene rings is 2. The molecule has 0 bridgehead atoms. The van der Waals surface area contributed by atoms with E-state index in [2.05, 4.69) is 5.16 Å². The second kappa shape index (κ2) is 9.39. The van der Waals surface area contributed by atoms with Gasteiger partial charge in [0.2, 0.25) is 0 Å². The van der Waals surface area contributed by atoms with Crippen molar-refractivity contribution in [3.63, 3.8) is 0 Å². The fraction of sp³-hybridized carbons (Fsp3) is 0.345. The second-order valence-corrected chi connectivity index (χ2v) is 10.2. The van der Waals surface area contributed by atoms with Crippen LogP contribution in [0.1, 0.15) is 61.9 Å². The van der Waals surface area contributed by atoms with Crippen molar-refractivity contribution in [1.29, 1.82) is 0 Å². The minimum atomic E-state index is -1.04. The van der Waals surface area contributed by atoms with E-state index in [1.54, 1.807) is 49.1 Å². The maximum absolute atomic E-state index is 13.7. The molecule has 1 aromatic heterocycles. The monoisotopic (exact) mass is 486 g/mol. The molecule has 36 heavy (non-hydrogen) atoms. The number of hydrogen-bond acceptors (Lipinski definition) is 6. The lowest BCUT2D eigenvalue weighted by Gasteiger charge is -2.35. The average Bonchev–Trinajstić information content (AvgIpc) is 3.51. The Hall–Kier alpha value is -3.71. The van der Waals surface area contributed by atoms with Crippen molar-refractivity contribution in [3.05, 3.63) is 83.3 Å². The Morgan fingerprint density at radius 3 is 2.25 bits per heavy atom. The van der Waals surface area contributed by atoms with Gasteiger partial charge in [-0.25, -0.2) is 0 Å². The lowest BCUT2D eigenvalue weighted by Crippen LogP contribution is -2.42. The molecule has 1 aliphatic carbocycles. The fourth-order valence-corrected chi connectivity index (χ4v) is 5.38. The normalized spacial score (nSPS) is 19.2. The van der Waals surface area contributed by atoms with E-state index in [4.69, 9.17) is 4.52 Å². The molecule has 2 aromatic carbocycles. The van der Waals surface area contributed by atoms with Crippen molar-refractivity contribution in [3.8, 4) is 11.3 Å². The highest BCUT2D eigenvalue weighted by atomic mass is 16.5. The molecule has 2 heterocycles. The Balaban J connectivity index is 1.52. The van der Waals surface area contributed by atoms with Gasteiger partial charge in [0.15, 0.2) is 11.5 Å². The molecule has 1 unspecified atom stereocenters. The van der Waals surface area contributed by atoms with Gasteiger partial charge in [-0.15, -0.1) is 0 Å². The minimum absolute atomic E-state index is 0.0668. The lowest BCUT2D eigenvalue weighted by atomic mass is 9.79. The first-order valence-electron chi connectivity index (χ1n) is 12.4. The van der Waals surface area contributed by atoms with E-state index in [1.165, 1.54) is 6.26 Å². The van der Waals surface area contributed by atoms with Crippen molar-refractivity contribution < 1.29 is 24.3 Å². The Kier molecular flexibility index (Phi) is 6.26. The maximum atomic E-state index is 13.7. The van der Waals surface area contributed by atoms with Gasteiger partial charge in [-0.3, -0.25) is 14.5 Å². The molecule has 2 N–H and O–H groups in total. The average molecular weight is 487 g/mol. The van der Waals surface area contributed by atoms with Crippen molar-refractivity contribution in [2.24, 2.45) is 5.92 Å². The van der Waals surface area contributed by atoms with Gasteiger partial charge in [-0.2, -0.15) is 0 Å². The van der Waals surface area contributed by atoms with E-state index in [9.17, 15) is 19.8 Å². The number of aliphatic hydroxyl groups excluding tert-OH is 1. The topological polar surface area (TPSA) is 104 Å². The van der Waals surface area contributed by atoms with Crippen LogP contribution in [0.4, 0.5) is 5.69 Å². The standard InChI is InChI=1S/C29H30N2O5/c1-29(2,35)21-12-8-20(9-13-21)26(32)24-25(19-6-4-3-5-7-19)31(28(34)27(24)33)22-14-10-18(11-15-22)23-16-17-36-30-23/h8-17,19,25,33,35H,3-7H2,1-2H3. The number of aromatic nitrogens is 1. The molecule has 1 aliphatic heterocycles. The van der Waals surface area contributed by atoms with Crippen LogP contribution in [0.25, 0.3) is 11.3 Å². The van der Waals surface area contributed by atoms with E-state index >= 15 is 0 Å². The van der Waals surface area contributed by atoms with E-state index < -0.39 is 23.3 Å². The summed E-state index contributed by atoms with van der Waals surface area (Å²) in [5, 5.41) is 25.2. The highest BCUT2D eigenvalue weighted by Gasteiger charge is 2.47. The molecule has 0 spiro atoms. The Morgan fingerprint density at radius 2 is 1.67 bits per heavy atom. The predicted octanol–water partition coefficient (Wildman–Crippen LogP) is 5.56. The summed E-state index contributed by atoms with van der Waals surface area (Å²) in [5.41, 5.74) is 2.32. The first-order valence-corrected chi connectivity index (χ1v) is 12.4. The van der Waals surface area contributed by atoms with Crippen LogP contribution in [-0.4, -0.2) is 33.1 Å². The maximum Gasteiger partial charge on any atom is 0.294 e. The van der Waals surface area contributed by atoms with Crippen molar-refractivity contribution in [2.45, 2.75) is 57.6 Å². The molecule has 2 aliphatic rings. The zero-order valence-corrected chi connectivity index (χ0v) is 20.5. The van der Waals surface area contributed by atoms with Gasteiger partial charge in [0.1, 0.15) is 12.0 Å². The summed E-state index contributed by atoms with van der Waals surface area (Å²) < 4.78 is 4.93. The summed E-state index contributed by atoms with van der Waals surface area (Å²) in [5.74, 6) is -1.34. The quantitative estimate of drug-likeness (QED) is 0.442. The van der Waals surface area contributed by atoms with Gasteiger partial charge in [0, 0.05) is 22.9 Å². The van der Waals surface area contributed by atoms with Crippen molar-refractivity contribution >= 4 is 17.4 Å². The number of rotatable bonds is 6.